The molecule has 7 rings (SSSR count). The van der Waals surface area contributed by atoms with Crippen LogP contribution in [-0.2, 0) is 60.7 Å². The number of aliphatic hydroxyl groups excluding tert-OH is 2. The molecule has 1 heterocycles. The molecule has 13 atom stereocenters. The maximum Gasteiger partial charge on any atom is 0.373 e. The number of carbonyl (C=O) groups excluding carboxylic acids is 8. The molecule has 2 aromatic carbocycles. The third-order valence-corrected chi connectivity index (χ3v) is 16.6. The average molecular weight is 978 g/mol. The van der Waals surface area contributed by atoms with Gasteiger partial charge in [0, 0.05) is 59.5 Å². The number of carbonyl (C=O) groups is 6. The molecule has 1 saturated heterocycles. The summed E-state index contributed by atoms with van der Waals surface area (Å²) in [5.41, 5.74) is -4.41. The minimum atomic E-state index is -2.36. The van der Waals surface area contributed by atoms with E-state index in [1.54, 1.807) is 45.0 Å². The van der Waals surface area contributed by atoms with Crippen LogP contribution in [0.5, 0.6) is 5.75 Å². The van der Waals surface area contributed by atoms with Crippen LogP contribution in [-0.4, -0.2) is 110 Å². The largest absolute Gasteiger partial charge is 0.508 e. The van der Waals surface area contributed by atoms with E-state index in [0.717, 1.165) is 17.2 Å². The normalized spacial score (nSPS) is 32.0. The zero-order chi connectivity index (χ0) is 50.8. The van der Waals surface area contributed by atoms with Gasteiger partial charge >= 0.3 is 6.15 Å². The number of aromatic hydroxyl groups is 1. The quantitative estimate of drug-likeness (QED) is 0.140. The second kappa shape index (κ2) is 21.1. The molecular formula is C52H61F2NO13S. The van der Waals surface area contributed by atoms with E-state index in [-0.39, 0.29) is 78.6 Å². The first-order valence-electron chi connectivity index (χ1n) is 23.3. The van der Waals surface area contributed by atoms with Crippen molar-refractivity contribution >= 4 is 52.7 Å². The van der Waals surface area contributed by atoms with Gasteiger partial charge in [0.1, 0.15) is 30.1 Å². The lowest BCUT2D eigenvalue weighted by molar-refractivity contribution is -0.235. The Bertz CT molecular complexity index is 2440. The molecule has 0 bridgehead atoms. The summed E-state index contributed by atoms with van der Waals surface area (Å²) in [6.45, 7) is 7.34. The van der Waals surface area contributed by atoms with Crippen molar-refractivity contribution in [3.05, 3.63) is 88.5 Å². The van der Waals surface area contributed by atoms with Crippen LogP contribution in [0.1, 0.15) is 108 Å². The number of allylic oxidation sites excluding steroid dienone is 4. The minimum Gasteiger partial charge on any atom is -0.508 e. The predicted molar refractivity (Wildman–Crippen MR) is 247 cm³/mol. The lowest BCUT2D eigenvalue weighted by atomic mass is 9.44. The summed E-state index contributed by atoms with van der Waals surface area (Å²) in [4.78, 5) is 93.1. The Morgan fingerprint density at radius 3 is 2.29 bits per heavy atom. The SMILES string of the molecule is CSC(C)C(=O)CCCC(=O)C[C@@H](C)C(=O)N[C@@H](C)C(=O)Cc1cc(Cc2ccc([C@@H]3O[C@@H]4C[C@H]5[C@@H]6C[C@H](F)C7=CC(=O)C=C[C@]7(C)[C@@]6(F)[C@@H](O)C[C@]5(C)[C@]4(C(=O)CO)O3)cc2)ccc1O.O=C=O. The number of hydrogen-bond donors (Lipinski definition) is 4. The van der Waals surface area contributed by atoms with Gasteiger partial charge in [-0.25, -0.2) is 8.78 Å². The topological polar surface area (TPSA) is 228 Å². The van der Waals surface area contributed by atoms with Gasteiger partial charge in [0.05, 0.1) is 23.5 Å². The number of ether oxygens (including phenoxy) is 2. The van der Waals surface area contributed by atoms with Gasteiger partial charge in [0.2, 0.25) is 5.91 Å². The molecule has 0 radical (unpaired) electrons. The first-order chi connectivity index (χ1) is 32.5. The molecule has 17 heteroatoms. The van der Waals surface area contributed by atoms with Gasteiger partial charge in [-0.2, -0.15) is 21.4 Å². The van der Waals surface area contributed by atoms with Crippen LogP contribution in [0.15, 0.2) is 66.3 Å². The van der Waals surface area contributed by atoms with Crippen molar-refractivity contribution in [2.24, 2.45) is 28.6 Å². The minimum absolute atomic E-state index is 0.00241. The Labute approximate surface area is 404 Å². The molecule has 14 nitrogen and oxygen atoms in total. The van der Waals surface area contributed by atoms with Gasteiger partial charge in [-0.1, -0.05) is 56.3 Å². The second-order valence-corrected chi connectivity index (χ2v) is 20.8. The number of thioether (sulfide) groups is 1. The highest BCUT2D eigenvalue weighted by Crippen LogP contribution is 2.72. The highest BCUT2D eigenvalue weighted by atomic mass is 32.2. The van der Waals surface area contributed by atoms with Gasteiger partial charge in [0.25, 0.3) is 0 Å². The van der Waals surface area contributed by atoms with E-state index in [9.17, 15) is 44.1 Å². The van der Waals surface area contributed by atoms with Gasteiger partial charge in [-0.05, 0) is 100.0 Å². The molecule has 1 aliphatic heterocycles. The van der Waals surface area contributed by atoms with Crippen molar-refractivity contribution in [2.45, 2.75) is 140 Å². The zero-order valence-corrected chi connectivity index (χ0v) is 40.4. The van der Waals surface area contributed by atoms with Crippen molar-refractivity contribution in [3.63, 3.8) is 0 Å². The van der Waals surface area contributed by atoms with Crippen LogP contribution in [0.3, 0.4) is 0 Å². The van der Waals surface area contributed by atoms with Crippen molar-refractivity contribution < 1.29 is 71.9 Å². The van der Waals surface area contributed by atoms with E-state index < -0.39 is 94.6 Å². The number of hydrogen-bond acceptors (Lipinski definition) is 14. The van der Waals surface area contributed by atoms with Gasteiger partial charge in [-0.3, -0.25) is 28.8 Å². The molecule has 0 aromatic heterocycles. The van der Waals surface area contributed by atoms with Gasteiger partial charge in [-0.15, -0.1) is 0 Å². The third kappa shape index (κ3) is 9.87. The molecule has 1 amide bonds. The summed E-state index contributed by atoms with van der Waals surface area (Å²) in [5.74, 6) is -4.43. The zero-order valence-electron chi connectivity index (χ0n) is 39.6. The predicted octanol–water partition coefficient (Wildman–Crippen LogP) is 5.74. The summed E-state index contributed by atoms with van der Waals surface area (Å²) >= 11 is 1.46. The number of amides is 1. The van der Waals surface area contributed by atoms with Crippen LogP contribution in [0.25, 0.3) is 0 Å². The number of alkyl halides is 2. The molecule has 1 unspecified atom stereocenters. The Morgan fingerprint density at radius 1 is 0.971 bits per heavy atom. The lowest BCUT2D eigenvalue weighted by Gasteiger charge is -2.63. The number of rotatable bonds is 18. The van der Waals surface area contributed by atoms with E-state index >= 15 is 8.78 Å². The number of ketones is 5. The lowest BCUT2D eigenvalue weighted by Crippen LogP contribution is -2.70. The summed E-state index contributed by atoms with van der Waals surface area (Å²) in [6.07, 6.45) is 1.24. The summed E-state index contributed by atoms with van der Waals surface area (Å²) < 4.78 is 46.8. The number of phenols is 1. The van der Waals surface area contributed by atoms with Crippen LogP contribution in [0, 0.1) is 28.6 Å². The Morgan fingerprint density at radius 2 is 1.64 bits per heavy atom. The van der Waals surface area contributed by atoms with Crippen molar-refractivity contribution in [1.29, 1.82) is 0 Å². The summed E-state index contributed by atoms with van der Waals surface area (Å²) in [7, 11) is 0. The fourth-order valence-electron chi connectivity index (χ4n) is 11.7. The standard InChI is InChI=1S/C51H61F2NO11S.CO2/c1-27(18-34(56)8-7-9-40(58)29(3)66-6)46(63)54-28(2)42(60)21-33-20-31(12-15-41(33)59)19-30-10-13-32(14-11-30)47-64-45-24-36-37-23-39(52)38-22-35(57)16-17-48(38,4)50(37,53)43(61)25-49(36,5)51(45,65-47)44(62)26-55;2-1-3/h10-17,20,22,27-29,36-37,39,43,45,47,55,59,61H,7-9,18-19,21,23-26H2,1-6H3,(H,54,63);/t27-,28+,29?,36+,37+,39+,43+,45-,47-,48+,49+,50+,51-;/m1./s1. The number of benzene rings is 2. The summed E-state index contributed by atoms with van der Waals surface area (Å²) in [6, 6.07) is 11.3. The first kappa shape index (κ1) is 53.3. The van der Waals surface area contributed by atoms with E-state index in [2.05, 4.69) is 5.32 Å². The van der Waals surface area contributed by atoms with E-state index in [1.165, 1.54) is 36.9 Å². The molecule has 372 valence electrons. The molecule has 4 fully saturated rings. The maximum atomic E-state index is 17.8. The van der Waals surface area contributed by atoms with E-state index in [1.807, 2.05) is 25.3 Å². The Balaban J connectivity index is 0.00000254. The number of phenolic OH excluding ortho intramolecular Hbond substituents is 1. The first-order valence-corrected chi connectivity index (χ1v) is 24.6. The molecule has 4 aliphatic carbocycles. The van der Waals surface area contributed by atoms with E-state index in [4.69, 9.17) is 19.1 Å². The summed E-state index contributed by atoms with van der Waals surface area (Å²) in [5, 5.41) is 35.4. The van der Waals surface area contributed by atoms with Crippen molar-refractivity contribution in [1.82, 2.24) is 5.32 Å². The Kier molecular flexibility index (Phi) is 16.3. The number of fused-ring (bicyclic) bond motifs is 7. The number of aliphatic hydroxyl groups is 2. The van der Waals surface area contributed by atoms with Gasteiger partial charge in [0.15, 0.2) is 34.9 Å². The third-order valence-electron chi connectivity index (χ3n) is 15.6. The molecule has 3 saturated carbocycles. The van der Waals surface area contributed by atoms with E-state index in [0.29, 0.717) is 30.4 Å². The fraction of sp³-hybridized carbons (Fsp3) is 0.558. The van der Waals surface area contributed by atoms with Crippen molar-refractivity contribution in [3.8, 4) is 5.75 Å². The molecular weight excluding hydrogens is 917 g/mol. The van der Waals surface area contributed by atoms with Gasteiger partial charge < -0.3 is 30.1 Å². The fourth-order valence-corrected chi connectivity index (χ4v) is 12.1. The smallest absolute Gasteiger partial charge is 0.373 e. The Hall–Kier alpha value is -5.03. The highest BCUT2D eigenvalue weighted by molar-refractivity contribution is 7.99. The molecule has 2 aromatic rings. The molecule has 0 spiro atoms. The number of halogens is 2. The molecule has 4 N–H and O–H groups in total. The van der Waals surface area contributed by atoms with Crippen LogP contribution in [0.4, 0.5) is 8.78 Å². The molecule has 5 aliphatic rings. The second-order valence-electron chi connectivity index (χ2n) is 19.7. The van der Waals surface area contributed by atoms with Crippen molar-refractivity contribution in [2.75, 3.05) is 12.9 Å². The monoisotopic (exact) mass is 977 g/mol. The maximum absolute atomic E-state index is 17.8. The average Bonchev–Trinajstić information content (AvgIpc) is 3.81. The molecule has 69 heavy (non-hydrogen) atoms. The number of nitrogens with one attached hydrogen (secondary N) is 1. The van der Waals surface area contributed by atoms with Crippen LogP contribution in [0.2, 0.25) is 0 Å². The number of Topliss-reactive ketones (excluding diaryl/α,β-unsaturated/α-hetero) is 4. The van der Waals surface area contributed by atoms with Crippen LogP contribution >= 0.6 is 11.8 Å². The van der Waals surface area contributed by atoms with Crippen LogP contribution < -0.4 is 5.32 Å². The highest BCUT2D eigenvalue weighted by Gasteiger charge is 2.80.